The molecule has 0 bridgehead atoms. The maximum absolute atomic E-state index is 6.08. The number of rotatable bonds is 4. The van der Waals surface area contributed by atoms with Crippen molar-refractivity contribution in [1.82, 2.24) is 29.7 Å². The minimum absolute atomic E-state index is 0.0113. The monoisotopic (exact) mass is 426 g/mol. The molecule has 0 aliphatic carbocycles. The maximum atomic E-state index is 6.08. The smallest absolute Gasteiger partial charge is 0.180 e. The average Bonchev–Trinajstić information content (AvgIpc) is 3.13. The molecular weight excluding hydrogens is 402 g/mol. The Morgan fingerprint density at radius 1 is 1.30 bits per heavy atom. The van der Waals surface area contributed by atoms with E-state index in [9.17, 15) is 0 Å². The Labute approximate surface area is 179 Å². The molecule has 0 radical (unpaired) electrons. The third kappa shape index (κ3) is 3.61. The molecule has 4 heterocycles. The van der Waals surface area contributed by atoms with Crippen LogP contribution in [0.1, 0.15) is 20.8 Å². The summed E-state index contributed by atoms with van der Waals surface area (Å²) in [7, 11) is 0. The van der Waals surface area contributed by atoms with Gasteiger partial charge in [0.1, 0.15) is 16.7 Å². The van der Waals surface area contributed by atoms with Gasteiger partial charge < -0.3 is 16.0 Å². The van der Waals surface area contributed by atoms with Gasteiger partial charge in [0, 0.05) is 36.7 Å². The molecule has 1 fully saturated rings. The van der Waals surface area contributed by atoms with Gasteiger partial charge in [-0.2, -0.15) is 0 Å². The van der Waals surface area contributed by atoms with Gasteiger partial charge in [0.15, 0.2) is 17.7 Å². The summed E-state index contributed by atoms with van der Waals surface area (Å²) in [5.41, 5.74) is 9.11. The van der Waals surface area contributed by atoms with Crippen LogP contribution in [-0.2, 0) is 0 Å². The van der Waals surface area contributed by atoms with Crippen molar-refractivity contribution in [1.29, 1.82) is 0 Å². The summed E-state index contributed by atoms with van der Waals surface area (Å²) >= 11 is 6.06. The van der Waals surface area contributed by atoms with Gasteiger partial charge in [-0.15, -0.1) is 0 Å². The van der Waals surface area contributed by atoms with Crippen LogP contribution in [0.4, 0.5) is 5.82 Å². The van der Waals surface area contributed by atoms with Crippen molar-refractivity contribution < 1.29 is 5.41 Å². The first kappa shape index (κ1) is 20.2. The number of imidazole rings is 1. The molecule has 1 aliphatic rings. The normalized spacial score (nSPS) is 22.8. The maximum Gasteiger partial charge on any atom is 0.180 e. The number of halogens is 1. The molecule has 3 aromatic heterocycles. The van der Waals surface area contributed by atoms with Crippen molar-refractivity contribution in [3.05, 3.63) is 47.3 Å². The highest BCUT2D eigenvalue weighted by atomic mass is 35.5. The Kier molecular flexibility index (Phi) is 5.40. The Balaban J connectivity index is 1.73. The SMILES string of the molecule is CC(N)=C(C=[NH2+])C1NC(C)CN(c2ccnc(-c3cnc4cnc(Cl)cn34)n2)C1C. The van der Waals surface area contributed by atoms with E-state index in [1.165, 1.54) is 0 Å². The molecule has 0 spiro atoms. The second kappa shape index (κ2) is 8.00. The number of piperazine rings is 1. The highest BCUT2D eigenvalue weighted by Gasteiger charge is 2.35. The van der Waals surface area contributed by atoms with Gasteiger partial charge in [0.2, 0.25) is 0 Å². The Morgan fingerprint density at radius 3 is 2.83 bits per heavy atom. The number of hydrogen-bond donors (Lipinski definition) is 3. The van der Waals surface area contributed by atoms with Crippen molar-refractivity contribution in [3.8, 4) is 11.5 Å². The summed E-state index contributed by atoms with van der Waals surface area (Å²) < 4.78 is 1.84. The number of nitrogens with one attached hydrogen (secondary N) is 1. The second-order valence-electron chi connectivity index (χ2n) is 7.56. The van der Waals surface area contributed by atoms with Crippen LogP contribution in [0.2, 0.25) is 5.15 Å². The summed E-state index contributed by atoms with van der Waals surface area (Å²) in [6.07, 6.45) is 8.39. The number of aromatic nitrogens is 5. The molecule has 1 saturated heterocycles. The van der Waals surface area contributed by atoms with Gasteiger partial charge in [-0.3, -0.25) is 9.81 Å². The molecule has 3 aromatic rings. The third-order valence-corrected chi connectivity index (χ3v) is 5.60. The lowest BCUT2D eigenvalue weighted by Gasteiger charge is -2.44. The number of hydrogen-bond acceptors (Lipinski definition) is 7. The van der Waals surface area contributed by atoms with Gasteiger partial charge in [-0.1, -0.05) is 11.6 Å². The zero-order chi connectivity index (χ0) is 21.4. The fraction of sp³-hybridized carbons (Fsp3) is 0.350. The van der Waals surface area contributed by atoms with E-state index >= 15 is 0 Å². The molecule has 0 amide bonds. The minimum Gasteiger partial charge on any atom is -0.402 e. The predicted molar refractivity (Wildman–Crippen MR) is 117 cm³/mol. The molecule has 5 N–H and O–H groups in total. The standard InChI is InChI=1S/C20H24ClN9/c1-11-9-29(13(3)19(27-11)14(6-22)12(2)23)17-4-5-24-20(28-17)15-7-26-18-8-25-16(21)10-30(15)18/h4-8,10-11,13,19,22,27H,9,23H2,1-3H3/p+1. The average molecular weight is 427 g/mol. The molecule has 0 aromatic carbocycles. The third-order valence-electron chi connectivity index (χ3n) is 5.41. The van der Waals surface area contributed by atoms with Crippen molar-refractivity contribution >= 4 is 29.3 Å². The van der Waals surface area contributed by atoms with Gasteiger partial charge >= 0.3 is 0 Å². The van der Waals surface area contributed by atoms with Crippen LogP contribution in [-0.4, -0.2) is 55.2 Å². The first-order valence-corrected chi connectivity index (χ1v) is 10.1. The van der Waals surface area contributed by atoms with E-state index in [0.29, 0.717) is 22.3 Å². The van der Waals surface area contributed by atoms with Crippen LogP contribution in [0, 0.1) is 0 Å². The van der Waals surface area contributed by atoms with Crippen LogP contribution in [0.3, 0.4) is 0 Å². The summed E-state index contributed by atoms with van der Waals surface area (Å²) in [6, 6.07) is 2.21. The number of anilines is 1. The number of allylic oxidation sites excluding steroid dienone is 1. The van der Waals surface area contributed by atoms with E-state index in [4.69, 9.17) is 27.7 Å². The molecule has 3 atom stereocenters. The van der Waals surface area contributed by atoms with Gasteiger partial charge in [0.05, 0.1) is 24.0 Å². The highest BCUT2D eigenvalue weighted by Crippen LogP contribution is 2.26. The zero-order valence-electron chi connectivity index (χ0n) is 17.1. The van der Waals surface area contributed by atoms with Gasteiger partial charge in [-0.25, -0.2) is 19.9 Å². The molecule has 0 saturated carbocycles. The van der Waals surface area contributed by atoms with Gasteiger partial charge in [-0.05, 0) is 26.8 Å². The van der Waals surface area contributed by atoms with Crippen molar-refractivity contribution in [2.45, 2.75) is 38.9 Å². The van der Waals surface area contributed by atoms with E-state index in [1.807, 2.05) is 17.4 Å². The topological polar surface area (TPSA) is 123 Å². The first-order chi connectivity index (χ1) is 14.4. The first-order valence-electron chi connectivity index (χ1n) is 9.75. The fourth-order valence-corrected chi connectivity index (χ4v) is 4.08. The summed E-state index contributed by atoms with van der Waals surface area (Å²) in [5.74, 6) is 1.39. The largest absolute Gasteiger partial charge is 0.402 e. The van der Waals surface area contributed by atoms with E-state index in [2.05, 4.69) is 39.0 Å². The Morgan fingerprint density at radius 2 is 2.10 bits per heavy atom. The van der Waals surface area contributed by atoms with Crippen molar-refractivity contribution in [2.75, 3.05) is 11.4 Å². The molecule has 3 unspecified atom stereocenters. The predicted octanol–water partition coefficient (Wildman–Crippen LogP) is 0.458. The van der Waals surface area contributed by atoms with E-state index in [-0.39, 0.29) is 18.1 Å². The number of nitrogens with zero attached hydrogens (tertiary/aromatic N) is 6. The van der Waals surface area contributed by atoms with Crippen LogP contribution in [0.15, 0.2) is 42.1 Å². The molecule has 4 rings (SSSR count). The van der Waals surface area contributed by atoms with Crippen LogP contribution < -0.4 is 21.4 Å². The van der Waals surface area contributed by atoms with Crippen molar-refractivity contribution in [2.24, 2.45) is 5.73 Å². The molecule has 9 nitrogen and oxygen atoms in total. The van der Waals surface area contributed by atoms with Crippen LogP contribution in [0.25, 0.3) is 17.2 Å². The lowest BCUT2D eigenvalue weighted by molar-refractivity contribution is -0.105. The zero-order valence-corrected chi connectivity index (χ0v) is 17.9. The lowest BCUT2D eigenvalue weighted by atomic mass is 9.94. The summed E-state index contributed by atoms with van der Waals surface area (Å²) in [5, 5.41) is 9.85. The number of fused-ring (bicyclic) bond motifs is 1. The van der Waals surface area contributed by atoms with Gasteiger partial charge in [0.25, 0.3) is 0 Å². The molecular formula is C20H25ClN9+. The summed E-state index contributed by atoms with van der Waals surface area (Å²) in [6.45, 7) is 6.92. The fourth-order valence-electron chi connectivity index (χ4n) is 3.94. The van der Waals surface area contributed by atoms with Crippen molar-refractivity contribution in [3.63, 3.8) is 0 Å². The minimum atomic E-state index is -0.0113. The molecule has 30 heavy (non-hydrogen) atoms. The molecule has 1 aliphatic heterocycles. The highest BCUT2D eigenvalue weighted by molar-refractivity contribution is 6.29. The Bertz CT molecular complexity index is 1120. The second-order valence-corrected chi connectivity index (χ2v) is 7.95. The molecule has 156 valence electrons. The summed E-state index contributed by atoms with van der Waals surface area (Å²) in [4.78, 5) is 20.0. The Hall–Kier alpha value is -3.04. The lowest BCUT2D eigenvalue weighted by Crippen LogP contribution is -2.62. The molecule has 10 heteroatoms. The van der Waals surface area contributed by atoms with E-state index in [0.717, 1.165) is 23.6 Å². The van der Waals surface area contributed by atoms with E-state index in [1.54, 1.807) is 31.0 Å². The van der Waals surface area contributed by atoms with Crippen LogP contribution in [0.5, 0.6) is 0 Å². The van der Waals surface area contributed by atoms with E-state index < -0.39 is 0 Å². The van der Waals surface area contributed by atoms with Crippen LogP contribution >= 0.6 is 11.6 Å². The quantitative estimate of drug-likeness (QED) is 0.518. The number of nitrogens with two attached hydrogens (primary N) is 2.